The molecular weight excluding hydrogens is 442 g/mol. The van der Waals surface area contributed by atoms with Crippen LogP contribution in [-0.4, -0.2) is 59.1 Å². The van der Waals surface area contributed by atoms with Crippen LogP contribution in [0, 0.1) is 11.6 Å². The topological polar surface area (TPSA) is 94.4 Å². The number of nitrogens with one attached hydrogen (secondary N) is 1. The third kappa shape index (κ3) is 5.17. The first kappa shape index (κ1) is 23.5. The lowest BCUT2D eigenvalue weighted by Gasteiger charge is -2.39. The highest BCUT2D eigenvalue weighted by Gasteiger charge is 2.43. The van der Waals surface area contributed by atoms with Gasteiger partial charge in [0.1, 0.15) is 16.9 Å². The van der Waals surface area contributed by atoms with Crippen molar-refractivity contribution in [2.45, 2.75) is 23.9 Å². The van der Waals surface area contributed by atoms with Crippen LogP contribution in [0.4, 0.5) is 14.5 Å². The predicted octanol–water partition coefficient (Wildman–Crippen LogP) is 3.58. The second-order valence-corrected chi connectivity index (χ2v) is 7.97. The molecule has 2 aromatic rings. The van der Waals surface area contributed by atoms with Gasteiger partial charge in [0.05, 0.1) is 6.42 Å². The van der Waals surface area contributed by atoms with Crippen LogP contribution in [0.15, 0.2) is 52.4 Å². The highest BCUT2D eigenvalue weighted by atomic mass is 35.5. The van der Waals surface area contributed by atoms with Crippen LogP contribution in [0.25, 0.3) is 0 Å². The summed E-state index contributed by atoms with van der Waals surface area (Å²) in [5, 5.41) is 11.8. The van der Waals surface area contributed by atoms with Crippen molar-refractivity contribution in [3.8, 4) is 0 Å². The van der Waals surface area contributed by atoms with E-state index in [1.807, 2.05) is 0 Å². The van der Waals surface area contributed by atoms with E-state index in [1.165, 1.54) is 12.3 Å². The fraction of sp³-hybridized carbons (Fsp3) is 0.273. The molecule has 0 saturated carbocycles. The van der Waals surface area contributed by atoms with Crippen molar-refractivity contribution in [3.63, 3.8) is 0 Å². The van der Waals surface area contributed by atoms with Crippen molar-refractivity contribution in [2.75, 3.05) is 19.4 Å². The van der Waals surface area contributed by atoms with Crippen molar-refractivity contribution in [1.82, 2.24) is 4.90 Å². The average molecular weight is 463 g/mol. The Labute approximate surface area is 188 Å². The van der Waals surface area contributed by atoms with Gasteiger partial charge in [0.25, 0.3) is 5.91 Å². The largest absolute Gasteiger partial charge is 0.481 e. The van der Waals surface area contributed by atoms with Crippen LogP contribution in [0.3, 0.4) is 0 Å². The summed E-state index contributed by atoms with van der Waals surface area (Å²) in [6.45, 7) is 0. The Morgan fingerprint density at radius 1 is 1.16 bits per heavy atom. The number of likely N-dealkylation sites (N-methyl/N-ethyl adjacent to an activating group) is 1. The molecule has 2 unspecified atom stereocenters. The Morgan fingerprint density at radius 3 is 2.41 bits per heavy atom. The number of carboxylic acid groups (broad SMARTS) is 1. The summed E-state index contributed by atoms with van der Waals surface area (Å²) in [6, 6.07) is 9.76. The molecule has 32 heavy (non-hydrogen) atoms. The van der Waals surface area contributed by atoms with E-state index in [4.69, 9.17) is 11.6 Å². The normalized spacial score (nSPS) is 20.2. The molecular formula is C22H21ClF2N4O3. The number of benzene rings is 2. The van der Waals surface area contributed by atoms with Crippen molar-refractivity contribution in [2.24, 2.45) is 9.98 Å². The van der Waals surface area contributed by atoms with E-state index in [1.54, 1.807) is 43.3 Å². The van der Waals surface area contributed by atoms with Gasteiger partial charge in [-0.1, -0.05) is 23.7 Å². The van der Waals surface area contributed by atoms with E-state index < -0.39 is 34.6 Å². The number of halogens is 3. The monoisotopic (exact) mass is 462 g/mol. The van der Waals surface area contributed by atoms with Gasteiger partial charge in [-0.25, -0.2) is 18.8 Å². The molecule has 3 rings (SSSR count). The minimum atomic E-state index is -1.10. The number of aliphatic carboxylic acids is 1. The molecule has 0 fully saturated rings. The highest BCUT2D eigenvalue weighted by Crippen LogP contribution is 2.29. The average Bonchev–Trinajstić information content (AvgIpc) is 2.73. The molecule has 0 radical (unpaired) electrons. The molecule has 0 bridgehead atoms. The van der Waals surface area contributed by atoms with Crippen molar-refractivity contribution in [1.29, 1.82) is 0 Å². The Hall–Kier alpha value is -3.17. The zero-order chi connectivity index (χ0) is 23.5. The van der Waals surface area contributed by atoms with E-state index in [0.717, 1.165) is 17.7 Å². The maximum absolute atomic E-state index is 13.3. The zero-order valence-electron chi connectivity index (χ0n) is 17.3. The molecule has 2 atom stereocenters. The fourth-order valence-electron chi connectivity index (χ4n) is 3.20. The molecule has 0 aromatic heterocycles. The summed E-state index contributed by atoms with van der Waals surface area (Å²) < 4.78 is 26.3. The van der Waals surface area contributed by atoms with E-state index in [9.17, 15) is 23.5 Å². The van der Waals surface area contributed by atoms with E-state index in [2.05, 4.69) is 15.3 Å². The summed E-state index contributed by atoms with van der Waals surface area (Å²) in [6.07, 6.45) is 1.64. The maximum Gasteiger partial charge on any atom is 0.305 e. The molecule has 1 amide bonds. The minimum absolute atomic E-state index is 0.00207. The zero-order valence-corrected chi connectivity index (χ0v) is 18.1. The van der Waals surface area contributed by atoms with Crippen molar-refractivity contribution >= 4 is 41.2 Å². The standard InChI is InChI=1S/C22H21ClF2N4O3/c1-29(2)22(11-19(30)31)12-26-18(28-21(22)23)9-13-3-6-15(7-4-13)27-20(32)14-5-8-16(24)17(25)10-14/h3-8,10,12,21H,9,11H2,1-2H3,(H,27,32)(H,30,31). The minimum Gasteiger partial charge on any atom is -0.481 e. The number of rotatable bonds is 7. The van der Waals surface area contributed by atoms with Crippen molar-refractivity contribution < 1.29 is 23.5 Å². The molecule has 0 saturated heterocycles. The lowest BCUT2D eigenvalue weighted by molar-refractivity contribution is -0.139. The molecule has 7 nitrogen and oxygen atoms in total. The number of amides is 1. The summed E-state index contributed by atoms with van der Waals surface area (Å²) >= 11 is 6.42. The first-order valence-electron chi connectivity index (χ1n) is 9.61. The third-order valence-corrected chi connectivity index (χ3v) is 5.61. The Kier molecular flexibility index (Phi) is 7.00. The number of amidine groups is 1. The van der Waals surface area contributed by atoms with E-state index in [0.29, 0.717) is 17.9 Å². The SMILES string of the molecule is CN(C)C1(CC(=O)O)C=NC(Cc2ccc(NC(=O)c3ccc(F)c(F)c3)cc2)=NC1Cl. The first-order chi connectivity index (χ1) is 15.1. The predicted molar refractivity (Wildman–Crippen MR) is 119 cm³/mol. The van der Waals surface area contributed by atoms with Crippen LogP contribution in [0.5, 0.6) is 0 Å². The van der Waals surface area contributed by atoms with Gasteiger partial charge in [0.15, 0.2) is 11.6 Å². The highest BCUT2D eigenvalue weighted by molar-refractivity contribution is 6.24. The summed E-state index contributed by atoms with van der Waals surface area (Å²) in [7, 11) is 3.44. The second kappa shape index (κ2) is 9.54. The molecule has 0 spiro atoms. The van der Waals surface area contributed by atoms with Crippen LogP contribution < -0.4 is 5.32 Å². The molecule has 1 aliphatic rings. The fourth-order valence-corrected chi connectivity index (χ4v) is 3.64. The van der Waals surface area contributed by atoms with Gasteiger partial charge in [-0.3, -0.25) is 14.5 Å². The number of anilines is 1. The number of hydrogen-bond donors (Lipinski definition) is 2. The number of alkyl halides is 1. The molecule has 1 aliphatic heterocycles. The number of carbonyl (C=O) groups excluding carboxylic acids is 1. The Morgan fingerprint density at radius 2 is 1.84 bits per heavy atom. The Balaban J connectivity index is 1.66. The lowest BCUT2D eigenvalue weighted by atomic mass is 9.93. The molecule has 2 N–H and O–H groups in total. The van der Waals surface area contributed by atoms with Gasteiger partial charge in [0, 0.05) is 23.9 Å². The maximum atomic E-state index is 13.3. The van der Waals surface area contributed by atoms with E-state index in [-0.39, 0.29) is 12.0 Å². The van der Waals surface area contributed by atoms with Crippen LogP contribution in [-0.2, 0) is 11.2 Å². The summed E-state index contributed by atoms with van der Waals surface area (Å²) in [5.41, 5.74) is -0.536. The summed E-state index contributed by atoms with van der Waals surface area (Å²) in [5.74, 6) is -3.24. The van der Waals surface area contributed by atoms with Gasteiger partial charge >= 0.3 is 5.97 Å². The van der Waals surface area contributed by atoms with Crippen LogP contribution in [0.2, 0.25) is 0 Å². The number of carbonyl (C=O) groups is 2. The molecule has 1 heterocycles. The first-order valence-corrected chi connectivity index (χ1v) is 10.0. The molecule has 2 aromatic carbocycles. The second-order valence-electron chi connectivity index (χ2n) is 7.55. The summed E-state index contributed by atoms with van der Waals surface area (Å²) in [4.78, 5) is 33.9. The number of carboxylic acids is 1. The molecule has 10 heteroatoms. The van der Waals surface area contributed by atoms with Gasteiger partial charge in [0.2, 0.25) is 0 Å². The van der Waals surface area contributed by atoms with Gasteiger partial charge < -0.3 is 10.4 Å². The van der Waals surface area contributed by atoms with E-state index >= 15 is 0 Å². The number of hydrogen-bond acceptors (Lipinski definition) is 5. The molecule has 0 aliphatic carbocycles. The van der Waals surface area contributed by atoms with Crippen molar-refractivity contribution in [3.05, 3.63) is 65.2 Å². The number of nitrogens with zero attached hydrogens (tertiary/aromatic N) is 3. The smallest absolute Gasteiger partial charge is 0.305 e. The van der Waals surface area contributed by atoms with Gasteiger partial charge in [-0.2, -0.15) is 0 Å². The Bertz CT molecular complexity index is 1090. The lowest BCUT2D eigenvalue weighted by Crippen LogP contribution is -2.55. The van der Waals surface area contributed by atoms with Gasteiger partial charge in [-0.15, -0.1) is 0 Å². The van der Waals surface area contributed by atoms with Gasteiger partial charge in [-0.05, 0) is 50.0 Å². The molecule has 168 valence electrons. The van der Waals surface area contributed by atoms with Crippen LogP contribution in [0.1, 0.15) is 22.3 Å². The number of aliphatic imine (C=N–C) groups is 2. The third-order valence-electron chi connectivity index (χ3n) is 5.13. The quantitative estimate of drug-likeness (QED) is 0.485. The van der Waals surface area contributed by atoms with Crippen LogP contribution >= 0.6 is 11.6 Å².